The predicted octanol–water partition coefficient (Wildman–Crippen LogP) is 1.52. The van der Waals surface area contributed by atoms with E-state index in [9.17, 15) is 5.11 Å². The Kier molecular flexibility index (Phi) is 3.71. The summed E-state index contributed by atoms with van der Waals surface area (Å²) in [5.74, 6) is 3.25. The first-order valence-electron chi connectivity index (χ1n) is 6.48. The van der Waals surface area contributed by atoms with Crippen molar-refractivity contribution in [2.45, 2.75) is 38.7 Å². The summed E-state index contributed by atoms with van der Waals surface area (Å²) in [6.07, 6.45) is 2.00. The standard InChI is InChI=1S/C13H22N4O/c1-8(18)7-17(4)13-9(2)11(14-3)15-12(16-13)10-5-6-10/h8,10,18H,5-7H2,1-4H3,(H,14,15,16). The van der Waals surface area contributed by atoms with Gasteiger partial charge >= 0.3 is 0 Å². The third-order valence-corrected chi connectivity index (χ3v) is 3.22. The van der Waals surface area contributed by atoms with E-state index in [0.29, 0.717) is 12.5 Å². The van der Waals surface area contributed by atoms with Crippen LogP contribution in [0.15, 0.2) is 0 Å². The first-order valence-corrected chi connectivity index (χ1v) is 6.48. The number of rotatable bonds is 5. The van der Waals surface area contributed by atoms with Crippen LogP contribution in [0.5, 0.6) is 0 Å². The minimum Gasteiger partial charge on any atom is -0.392 e. The summed E-state index contributed by atoms with van der Waals surface area (Å²) < 4.78 is 0. The largest absolute Gasteiger partial charge is 0.392 e. The van der Waals surface area contributed by atoms with E-state index in [-0.39, 0.29) is 6.10 Å². The highest BCUT2D eigenvalue weighted by Gasteiger charge is 2.28. The Hall–Kier alpha value is -1.36. The van der Waals surface area contributed by atoms with Gasteiger partial charge in [0, 0.05) is 32.1 Å². The van der Waals surface area contributed by atoms with Crippen LogP contribution in [0, 0.1) is 6.92 Å². The molecule has 1 heterocycles. The Morgan fingerprint density at radius 1 is 1.44 bits per heavy atom. The highest BCUT2D eigenvalue weighted by molar-refractivity contribution is 5.58. The maximum Gasteiger partial charge on any atom is 0.137 e. The second-order valence-electron chi connectivity index (χ2n) is 5.13. The zero-order valence-electron chi connectivity index (χ0n) is 11.6. The lowest BCUT2D eigenvalue weighted by Crippen LogP contribution is -2.29. The van der Waals surface area contributed by atoms with Crippen LogP contribution in [0.3, 0.4) is 0 Å². The minimum atomic E-state index is -0.369. The first kappa shape index (κ1) is 13.1. The van der Waals surface area contributed by atoms with Crippen molar-refractivity contribution in [2.24, 2.45) is 0 Å². The van der Waals surface area contributed by atoms with E-state index < -0.39 is 0 Å². The Morgan fingerprint density at radius 3 is 2.61 bits per heavy atom. The average molecular weight is 250 g/mol. The molecule has 1 fully saturated rings. The molecule has 1 aliphatic rings. The van der Waals surface area contributed by atoms with Crippen LogP contribution in [-0.2, 0) is 0 Å². The average Bonchev–Trinajstić information content (AvgIpc) is 3.12. The van der Waals surface area contributed by atoms with E-state index in [1.54, 1.807) is 6.92 Å². The number of hydrogen-bond donors (Lipinski definition) is 2. The van der Waals surface area contributed by atoms with Gasteiger partial charge in [-0.25, -0.2) is 9.97 Å². The fraction of sp³-hybridized carbons (Fsp3) is 0.692. The van der Waals surface area contributed by atoms with E-state index >= 15 is 0 Å². The molecule has 5 heteroatoms. The molecule has 2 N–H and O–H groups in total. The molecule has 0 saturated heterocycles. The molecule has 1 atom stereocenters. The molecule has 1 unspecified atom stereocenters. The van der Waals surface area contributed by atoms with Crippen LogP contribution in [-0.4, -0.2) is 41.8 Å². The lowest BCUT2D eigenvalue weighted by atomic mass is 10.2. The lowest BCUT2D eigenvalue weighted by molar-refractivity contribution is 0.201. The monoisotopic (exact) mass is 250 g/mol. The molecule has 0 amide bonds. The van der Waals surface area contributed by atoms with Gasteiger partial charge in [-0.2, -0.15) is 0 Å². The first-order chi connectivity index (χ1) is 8.52. The number of aliphatic hydroxyl groups is 1. The zero-order chi connectivity index (χ0) is 13.3. The Morgan fingerprint density at radius 2 is 2.11 bits per heavy atom. The molecule has 18 heavy (non-hydrogen) atoms. The molecule has 0 radical (unpaired) electrons. The molecule has 0 aliphatic heterocycles. The van der Waals surface area contributed by atoms with Crippen molar-refractivity contribution in [3.8, 4) is 0 Å². The van der Waals surface area contributed by atoms with Gasteiger partial charge in [-0.15, -0.1) is 0 Å². The van der Waals surface area contributed by atoms with Crippen molar-refractivity contribution in [2.75, 3.05) is 30.9 Å². The summed E-state index contributed by atoms with van der Waals surface area (Å²) >= 11 is 0. The summed E-state index contributed by atoms with van der Waals surface area (Å²) in [7, 11) is 3.84. The van der Waals surface area contributed by atoms with Crippen LogP contribution in [0.25, 0.3) is 0 Å². The van der Waals surface area contributed by atoms with Gasteiger partial charge in [-0.1, -0.05) is 0 Å². The van der Waals surface area contributed by atoms with Gasteiger partial charge in [0.05, 0.1) is 6.10 Å². The second kappa shape index (κ2) is 5.10. The maximum absolute atomic E-state index is 9.49. The summed E-state index contributed by atoms with van der Waals surface area (Å²) in [5.41, 5.74) is 1.03. The van der Waals surface area contributed by atoms with Crippen LogP contribution in [0.4, 0.5) is 11.6 Å². The summed E-state index contributed by atoms with van der Waals surface area (Å²) in [6.45, 7) is 4.37. The summed E-state index contributed by atoms with van der Waals surface area (Å²) in [5, 5.41) is 12.6. The Labute approximate surface area is 108 Å². The third-order valence-electron chi connectivity index (χ3n) is 3.22. The molecule has 100 valence electrons. The fourth-order valence-electron chi connectivity index (χ4n) is 2.14. The van der Waals surface area contributed by atoms with Gasteiger partial charge in [0.2, 0.25) is 0 Å². The molecule has 0 aromatic carbocycles. The van der Waals surface area contributed by atoms with Crippen molar-refractivity contribution >= 4 is 11.6 Å². The second-order valence-corrected chi connectivity index (χ2v) is 5.13. The van der Waals surface area contributed by atoms with Gasteiger partial charge in [0.25, 0.3) is 0 Å². The van der Waals surface area contributed by atoms with Gasteiger partial charge < -0.3 is 15.3 Å². The number of anilines is 2. The highest BCUT2D eigenvalue weighted by atomic mass is 16.3. The summed E-state index contributed by atoms with van der Waals surface area (Å²) in [4.78, 5) is 11.2. The summed E-state index contributed by atoms with van der Waals surface area (Å²) in [6, 6.07) is 0. The van der Waals surface area contributed by atoms with Gasteiger partial charge in [0.1, 0.15) is 17.5 Å². The van der Waals surface area contributed by atoms with Gasteiger partial charge in [0.15, 0.2) is 0 Å². The van der Waals surface area contributed by atoms with Crippen molar-refractivity contribution < 1.29 is 5.11 Å². The van der Waals surface area contributed by atoms with E-state index in [0.717, 1.165) is 23.0 Å². The van der Waals surface area contributed by atoms with Crippen LogP contribution >= 0.6 is 0 Å². The van der Waals surface area contributed by atoms with E-state index in [4.69, 9.17) is 0 Å². The molecule has 1 aromatic rings. The number of aliphatic hydroxyl groups excluding tert-OH is 1. The predicted molar refractivity (Wildman–Crippen MR) is 73.2 cm³/mol. The molecule has 1 saturated carbocycles. The smallest absolute Gasteiger partial charge is 0.137 e. The quantitative estimate of drug-likeness (QED) is 0.829. The molecular weight excluding hydrogens is 228 g/mol. The zero-order valence-corrected chi connectivity index (χ0v) is 11.6. The van der Waals surface area contributed by atoms with Crippen molar-refractivity contribution in [1.82, 2.24) is 9.97 Å². The number of nitrogens with zero attached hydrogens (tertiary/aromatic N) is 3. The topological polar surface area (TPSA) is 61.3 Å². The number of aromatic nitrogens is 2. The maximum atomic E-state index is 9.49. The van der Waals surface area contributed by atoms with Crippen molar-refractivity contribution in [3.05, 3.63) is 11.4 Å². The van der Waals surface area contributed by atoms with E-state index in [2.05, 4.69) is 15.3 Å². The SMILES string of the molecule is CNc1nc(C2CC2)nc(N(C)CC(C)O)c1C. The van der Waals surface area contributed by atoms with Crippen LogP contribution in [0.1, 0.15) is 37.1 Å². The van der Waals surface area contributed by atoms with Crippen molar-refractivity contribution in [3.63, 3.8) is 0 Å². The molecule has 5 nitrogen and oxygen atoms in total. The lowest BCUT2D eigenvalue weighted by Gasteiger charge is -2.23. The van der Waals surface area contributed by atoms with Crippen molar-refractivity contribution in [1.29, 1.82) is 0 Å². The molecule has 0 spiro atoms. The molecular formula is C13H22N4O. The van der Waals surface area contributed by atoms with Crippen LogP contribution < -0.4 is 10.2 Å². The fourth-order valence-corrected chi connectivity index (χ4v) is 2.14. The normalized spacial score (nSPS) is 16.5. The minimum absolute atomic E-state index is 0.369. The number of likely N-dealkylation sites (N-methyl/N-ethyl adjacent to an activating group) is 1. The van der Waals surface area contributed by atoms with Crippen LogP contribution in [0.2, 0.25) is 0 Å². The molecule has 2 rings (SSSR count). The van der Waals surface area contributed by atoms with Gasteiger partial charge in [-0.3, -0.25) is 0 Å². The number of hydrogen-bond acceptors (Lipinski definition) is 5. The Balaban J connectivity index is 2.34. The van der Waals surface area contributed by atoms with Gasteiger partial charge in [-0.05, 0) is 26.7 Å². The molecule has 0 bridgehead atoms. The highest BCUT2D eigenvalue weighted by Crippen LogP contribution is 2.39. The molecule has 1 aliphatic carbocycles. The third kappa shape index (κ3) is 2.72. The van der Waals surface area contributed by atoms with E-state index in [1.165, 1.54) is 12.8 Å². The molecule has 1 aromatic heterocycles. The Bertz CT molecular complexity index is 429. The number of nitrogens with one attached hydrogen (secondary N) is 1. The van der Waals surface area contributed by atoms with E-state index in [1.807, 2.05) is 25.9 Å².